The van der Waals surface area contributed by atoms with Crippen molar-refractivity contribution in [2.24, 2.45) is 0 Å². The van der Waals surface area contributed by atoms with Gasteiger partial charge in [-0.25, -0.2) is 4.52 Å². The predicted molar refractivity (Wildman–Crippen MR) is 83.1 cm³/mol. The van der Waals surface area contributed by atoms with E-state index in [1.807, 2.05) is 0 Å². The van der Waals surface area contributed by atoms with Gasteiger partial charge in [0.15, 0.2) is 5.82 Å². The maximum absolute atomic E-state index is 10.2. The van der Waals surface area contributed by atoms with Gasteiger partial charge in [-0.1, -0.05) is 31.9 Å². The van der Waals surface area contributed by atoms with E-state index in [0.29, 0.717) is 11.2 Å². The number of hydrogen-bond acceptors (Lipinski definition) is 7. The first-order chi connectivity index (χ1) is 9.86. The maximum Gasteiger partial charge on any atom is 0.240 e. The molecular formula is C11H13Br2N5O3. The van der Waals surface area contributed by atoms with Gasteiger partial charge in [-0.15, -0.1) is 5.10 Å². The first kappa shape index (κ1) is 15.0. The molecule has 1 aliphatic heterocycles. The molecule has 0 aromatic carbocycles. The van der Waals surface area contributed by atoms with Gasteiger partial charge < -0.3 is 26.4 Å². The molecule has 114 valence electrons. The molecule has 0 unspecified atom stereocenters. The number of anilines is 2. The molecule has 3 heterocycles. The third-order valence-corrected chi connectivity index (χ3v) is 5.21. The highest BCUT2D eigenvalue weighted by Crippen LogP contribution is 2.51. The Labute approximate surface area is 136 Å². The van der Waals surface area contributed by atoms with Crippen LogP contribution in [-0.2, 0) is 4.74 Å². The lowest BCUT2D eigenvalue weighted by Crippen LogP contribution is -2.35. The standard InChI is InChI=1S/C11H13Br2N5O3/c12-11(13)7(20)6(3-19)21-8(11)4-1-2-5-9(14)16-10(15)17-18(4)5/h1-2,6-8,19-20H,3H2,(H4,14,15,16,17)/t6-,7+,8+/m1/s1. The zero-order chi connectivity index (χ0) is 15.4. The first-order valence-corrected chi connectivity index (χ1v) is 7.67. The van der Waals surface area contributed by atoms with Crippen LogP contribution in [0.15, 0.2) is 12.1 Å². The van der Waals surface area contributed by atoms with E-state index in [0.717, 1.165) is 0 Å². The predicted octanol–water partition coefficient (Wildman–Crippen LogP) is 0.173. The Balaban J connectivity index is 2.13. The number of rotatable bonds is 2. The van der Waals surface area contributed by atoms with Crippen molar-refractivity contribution in [3.05, 3.63) is 17.8 Å². The van der Waals surface area contributed by atoms with Crippen molar-refractivity contribution < 1.29 is 14.9 Å². The molecule has 10 heteroatoms. The van der Waals surface area contributed by atoms with E-state index < -0.39 is 21.5 Å². The number of alkyl halides is 2. The summed E-state index contributed by atoms with van der Waals surface area (Å²) >= 11 is 6.82. The van der Waals surface area contributed by atoms with Crippen molar-refractivity contribution in [2.45, 2.75) is 21.5 Å². The minimum atomic E-state index is -0.962. The Bertz CT molecular complexity index is 692. The maximum atomic E-state index is 10.2. The smallest absolute Gasteiger partial charge is 0.240 e. The summed E-state index contributed by atoms with van der Waals surface area (Å²) in [6.45, 7) is -0.306. The number of aliphatic hydroxyl groups is 2. The van der Waals surface area contributed by atoms with Crippen LogP contribution in [0.5, 0.6) is 0 Å². The molecule has 0 spiro atoms. The quantitative estimate of drug-likeness (QED) is 0.507. The summed E-state index contributed by atoms with van der Waals surface area (Å²) in [6, 6.07) is 3.50. The van der Waals surface area contributed by atoms with E-state index >= 15 is 0 Å². The van der Waals surface area contributed by atoms with E-state index in [2.05, 4.69) is 41.9 Å². The van der Waals surface area contributed by atoms with Gasteiger partial charge in [-0.2, -0.15) is 4.98 Å². The first-order valence-electron chi connectivity index (χ1n) is 6.09. The molecule has 3 atom stereocenters. The summed E-state index contributed by atoms with van der Waals surface area (Å²) in [5.74, 6) is 0.283. The Hall–Kier alpha value is -0.940. The van der Waals surface area contributed by atoms with Crippen molar-refractivity contribution in [3.8, 4) is 0 Å². The van der Waals surface area contributed by atoms with Crippen LogP contribution in [0.25, 0.3) is 5.52 Å². The number of fused-ring (bicyclic) bond motifs is 1. The average molecular weight is 423 g/mol. The number of halogens is 2. The highest BCUT2D eigenvalue weighted by Gasteiger charge is 2.54. The molecule has 1 saturated heterocycles. The second-order valence-corrected chi connectivity index (χ2v) is 8.46. The third-order valence-electron chi connectivity index (χ3n) is 3.44. The lowest BCUT2D eigenvalue weighted by molar-refractivity contribution is -0.0239. The number of nitrogens with zero attached hydrogens (tertiary/aromatic N) is 3. The fraction of sp³-hybridized carbons (Fsp3) is 0.455. The Morgan fingerprint density at radius 3 is 2.71 bits per heavy atom. The summed E-state index contributed by atoms with van der Waals surface area (Å²) in [5.41, 5.74) is 12.6. The molecule has 0 bridgehead atoms. The van der Waals surface area contributed by atoms with Crippen molar-refractivity contribution in [1.82, 2.24) is 14.6 Å². The fourth-order valence-corrected chi connectivity index (χ4v) is 3.68. The summed E-state index contributed by atoms with van der Waals surface area (Å²) < 4.78 is 6.27. The number of aromatic nitrogens is 3. The minimum absolute atomic E-state index is 0.0319. The van der Waals surface area contributed by atoms with Gasteiger partial charge in [-0.3, -0.25) is 0 Å². The monoisotopic (exact) mass is 421 g/mol. The fourth-order valence-electron chi connectivity index (χ4n) is 2.41. The number of nitrogen functional groups attached to an aromatic ring is 2. The third kappa shape index (κ3) is 2.21. The Morgan fingerprint density at radius 1 is 1.38 bits per heavy atom. The van der Waals surface area contributed by atoms with Crippen molar-refractivity contribution in [3.63, 3.8) is 0 Å². The number of ether oxygens (including phenoxy) is 1. The van der Waals surface area contributed by atoms with Crippen molar-refractivity contribution >= 4 is 49.1 Å². The zero-order valence-electron chi connectivity index (χ0n) is 10.6. The van der Waals surface area contributed by atoms with Gasteiger partial charge in [0.05, 0.1) is 12.3 Å². The van der Waals surface area contributed by atoms with Gasteiger partial charge in [-0.05, 0) is 12.1 Å². The van der Waals surface area contributed by atoms with Crippen LogP contribution in [0.1, 0.15) is 11.8 Å². The van der Waals surface area contributed by atoms with Gasteiger partial charge in [0.25, 0.3) is 0 Å². The van der Waals surface area contributed by atoms with Gasteiger partial charge >= 0.3 is 0 Å². The molecule has 8 nitrogen and oxygen atoms in total. The summed E-state index contributed by atoms with van der Waals surface area (Å²) in [7, 11) is 0. The van der Waals surface area contributed by atoms with Gasteiger partial charge in [0.1, 0.15) is 27.1 Å². The number of hydrogen-bond donors (Lipinski definition) is 4. The van der Waals surface area contributed by atoms with Crippen LogP contribution in [0.4, 0.5) is 11.8 Å². The van der Waals surface area contributed by atoms with E-state index in [9.17, 15) is 10.2 Å². The normalized spacial score (nSPS) is 28.3. The molecule has 2 aromatic heterocycles. The van der Waals surface area contributed by atoms with Crippen LogP contribution in [0.3, 0.4) is 0 Å². The Morgan fingerprint density at radius 2 is 2.10 bits per heavy atom. The lowest BCUT2D eigenvalue weighted by Gasteiger charge is -2.23. The van der Waals surface area contributed by atoms with E-state index in [1.54, 1.807) is 12.1 Å². The summed E-state index contributed by atoms with van der Waals surface area (Å²) in [6.07, 6.45) is -2.29. The molecule has 1 fully saturated rings. The van der Waals surface area contributed by atoms with E-state index in [4.69, 9.17) is 16.2 Å². The van der Waals surface area contributed by atoms with Crippen LogP contribution in [0, 0.1) is 0 Å². The van der Waals surface area contributed by atoms with Crippen molar-refractivity contribution in [2.75, 3.05) is 18.1 Å². The minimum Gasteiger partial charge on any atom is -0.394 e. The van der Waals surface area contributed by atoms with E-state index in [1.165, 1.54) is 4.52 Å². The highest BCUT2D eigenvalue weighted by atomic mass is 79.9. The lowest BCUT2D eigenvalue weighted by atomic mass is 10.1. The molecule has 0 saturated carbocycles. The van der Waals surface area contributed by atoms with Crippen LogP contribution < -0.4 is 11.5 Å². The topological polar surface area (TPSA) is 132 Å². The van der Waals surface area contributed by atoms with Crippen LogP contribution >= 0.6 is 31.9 Å². The van der Waals surface area contributed by atoms with Crippen LogP contribution in [-0.4, -0.2) is 46.9 Å². The molecule has 21 heavy (non-hydrogen) atoms. The number of nitrogens with two attached hydrogens (primary N) is 2. The van der Waals surface area contributed by atoms with Crippen molar-refractivity contribution in [1.29, 1.82) is 0 Å². The highest BCUT2D eigenvalue weighted by molar-refractivity contribution is 9.25. The van der Waals surface area contributed by atoms with Crippen LogP contribution in [0.2, 0.25) is 0 Å². The molecular weight excluding hydrogens is 410 g/mol. The average Bonchev–Trinajstić information content (AvgIpc) is 2.91. The SMILES string of the molecule is Nc1nc(N)c2ccc([C@@H]3O[C@H](CO)[C@H](O)C3(Br)Br)n2n1. The second-order valence-electron chi connectivity index (χ2n) is 4.77. The molecule has 3 rings (SSSR count). The van der Waals surface area contributed by atoms with E-state index in [-0.39, 0.29) is 18.4 Å². The zero-order valence-corrected chi connectivity index (χ0v) is 13.8. The molecule has 1 aliphatic rings. The summed E-state index contributed by atoms with van der Waals surface area (Å²) in [4.78, 5) is 3.89. The molecule has 0 aliphatic carbocycles. The second kappa shape index (κ2) is 5.06. The largest absolute Gasteiger partial charge is 0.394 e. The molecule has 0 amide bonds. The Kier molecular flexibility index (Phi) is 3.61. The molecule has 2 aromatic rings. The number of aliphatic hydroxyl groups excluding tert-OH is 2. The molecule has 6 N–H and O–H groups in total. The van der Waals surface area contributed by atoms with Gasteiger partial charge in [0.2, 0.25) is 5.95 Å². The molecule has 0 radical (unpaired) electrons. The summed E-state index contributed by atoms with van der Waals surface area (Å²) in [5, 5.41) is 23.6. The van der Waals surface area contributed by atoms with Gasteiger partial charge in [0, 0.05) is 0 Å².